The molecule has 0 radical (unpaired) electrons. The van der Waals surface area contributed by atoms with Crippen LogP contribution in [0.15, 0.2) is 24.7 Å². The fourth-order valence-electron chi connectivity index (χ4n) is 3.44. The molecule has 3 aliphatic rings. The molecule has 20 heteroatoms. The highest BCUT2D eigenvalue weighted by Crippen LogP contribution is 2.59. The van der Waals surface area contributed by atoms with Crippen LogP contribution in [0.1, 0.15) is 0 Å². The zero-order valence-corrected chi connectivity index (χ0v) is 20.8. The number of hydrogen-bond acceptors (Lipinski definition) is 16. The molecule has 3 heterocycles. The van der Waals surface area contributed by atoms with Crippen LogP contribution in [0.25, 0.3) is 0 Å². The van der Waals surface area contributed by atoms with E-state index >= 15 is 0 Å². The first-order valence-electron chi connectivity index (χ1n) is 10.1. The number of aliphatic hydroxyl groups is 5. The fourth-order valence-corrected chi connectivity index (χ4v) is 5.89. The third-order valence-corrected chi connectivity index (χ3v) is 8.44. The highest BCUT2D eigenvalue weighted by Gasteiger charge is 2.48. The number of rotatable bonds is 9. The topological polar surface area (TPSA) is 257 Å². The smallest absolute Gasteiger partial charge is 0.478 e. The Balaban J connectivity index is 1.58. The molecular formula is C16H25N2O15P2S-. The van der Waals surface area contributed by atoms with E-state index in [0.29, 0.717) is 0 Å². The van der Waals surface area contributed by atoms with Crippen LogP contribution in [-0.4, -0.2) is 109 Å². The quantitative estimate of drug-likeness (QED) is 0.0962. The van der Waals surface area contributed by atoms with Crippen molar-refractivity contribution in [2.75, 3.05) is 13.2 Å². The number of ether oxygens (including phenoxy) is 2. The monoisotopic (exact) mass is 579 g/mol. The summed E-state index contributed by atoms with van der Waals surface area (Å²) in [5.74, 6) is -0.488. The van der Waals surface area contributed by atoms with Crippen molar-refractivity contribution >= 4 is 34.2 Å². The number of carbonyl (C=O) groups is 1. The van der Waals surface area contributed by atoms with Crippen molar-refractivity contribution in [2.45, 2.75) is 54.4 Å². The van der Waals surface area contributed by atoms with E-state index in [1.54, 1.807) is 0 Å². The van der Waals surface area contributed by atoms with Gasteiger partial charge in [-0.1, -0.05) is 6.58 Å². The molecule has 0 saturated carbocycles. The molecule has 5 unspecified atom stereocenters. The lowest BCUT2D eigenvalue weighted by Gasteiger charge is -2.41. The minimum Gasteiger partial charge on any atom is -0.756 e. The van der Waals surface area contributed by atoms with E-state index < -0.39 is 89.2 Å². The summed E-state index contributed by atoms with van der Waals surface area (Å²) in [6.07, 6.45) is -10.5. The summed E-state index contributed by atoms with van der Waals surface area (Å²) in [5, 5.41) is 50.5. The summed E-state index contributed by atoms with van der Waals surface area (Å²) in [6.45, 7) is 1.83. The maximum Gasteiger partial charge on any atom is 0.478 e. The van der Waals surface area contributed by atoms with Crippen LogP contribution in [0.5, 0.6) is 0 Å². The molecule has 0 aromatic carbocycles. The first-order chi connectivity index (χ1) is 16.7. The van der Waals surface area contributed by atoms with Gasteiger partial charge >= 0.3 is 7.82 Å². The van der Waals surface area contributed by atoms with Crippen molar-refractivity contribution in [3.63, 3.8) is 0 Å². The summed E-state index contributed by atoms with van der Waals surface area (Å²) in [7, 11) is -11.2. The molecule has 3 rings (SSSR count). The average Bonchev–Trinajstić information content (AvgIpc) is 3.06. The van der Waals surface area contributed by atoms with E-state index in [4.69, 9.17) is 9.47 Å². The van der Waals surface area contributed by atoms with E-state index in [2.05, 4.69) is 37.9 Å². The number of phosphoric acid groups is 2. The van der Waals surface area contributed by atoms with Crippen molar-refractivity contribution in [1.29, 1.82) is 0 Å². The Morgan fingerprint density at radius 3 is 2.42 bits per heavy atom. The lowest BCUT2D eigenvalue weighted by molar-refractivity contribution is -0.278. The summed E-state index contributed by atoms with van der Waals surface area (Å²) in [5.41, 5.74) is 0. The van der Waals surface area contributed by atoms with E-state index in [-0.39, 0.29) is 5.82 Å². The molecule has 0 spiro atoms. The second kappa shape index (κ2) is 11.4. The summed E-state index contributed by atoms with van der Waals surface area (Å²) >= 11 is 3.89. The molecule has 206 valence electrons. The largest absolute Gasteiger partial charge is 0.756 e. The standard InChI is InChI=1S/C16H26N2O15P2S/c1-6-17-9(20)2-3-18(6)15-12(23)10(21)8(30-15)5-29-34(25,26)33-35(27,28)32-16-13(24)14(36)11(22)7(4-19)31-16/h2-3,7-8,10-16,19,21-24,36H,1,4-5H2,(H,17,20)(H,25,26)(H,27,28)/p-1/t7?,8-,10?,11-,12+,13?,14+,15-,16-/m1/s1. The SMILES string of the molecule is C=C1NC(=O)C=CN1[C@@H]1O[C@H](COP(=O)(O)OP(=O)([O-])O[C@H]2OC(CO)[C@@H](O)[C@H](S)C2O)C(O)[C@@H]1O. The molecule has 36 heavy (non-hydrogen) atoms. The minimum absolute atomic E-state index is 0.00690. The Morgan fingerprint density at radius 2 is 1.81 bits per heavy atom. The fraction of sp³-hybridized carbons (Fsp3) is 0.688. The number of carbonyl (C=O) groups excluding carboxylic acids is 1. The molecule has 7 N–H and O–H groups in total. The Bertz CT molecular complexity index is 968. The Kier molecular flexibility index (Phi) is 9.42. The lowest BCUT2D eigenvalue weighted by Crippen LogP contribution is -2.57. The van der Waals surface area contributed by atoms with Crippen molar-refractivity contribution in [1.82, 2.24) is 10.2 Å². The summed E-state index contributed by atoms with van der Waals surface area (Å²) in [6, 6.07) is 0. The van der Waals surface area contributed by atoms with Crippen LogP contribution in [0, 0.1) is 0 Å². The molecule has 11 atom stereocenters. The van der Waals surface area contributed by atoms with E-state index in [1.165, 1.54) is 11.1 Å². The van der Waals surface area contributed by atoms with Crippen LogP contribution in [-0.2, 0) is 36.8 Å². The molecule has 2 saturated heterocycles. The number of amides is 1. The average molecular weight is 579 g/mol. The number of nitrogens with zero attached hydrogens (tertiary/aromatic N) is 1. The lowest BCUT2D eigenvalue weighted by atomic mass is 10.0. The van der Waals surface area contributed by atoms with Crippen LogP contribution in [0.3, 0.4) is 0 Å². The molecule has 0 aliphatic carbocycles. The second-order valence-corrected chi connectivity index (χ2v) is 11.4. The Hall–Kier alpha value is -0.920. The molecule has 0 aromatic heterocycles. The van der Waals surface area contributed by atoms with Gasteiger partial charge < -0.3 is 55.0 Å². The summed E-state index contributed by atoms with van der Waals surface area (Å²) < 4.78 is 47.7. The van der Waals surface area contributed by atoms with Crippen LogP contribution in [0.4, 0.5) is 0 Å². The predicted molar refractivity (Wildman–Crippen MR) is 115 cm³/mol. The van der Waals surface area contributed by atoms with Gasteiger partial charge in [0, 0.05) is 12.3 Å². The maximum atomic E-state index is 12.2. The van der Waals surface area contributed by atoms with Crippen molar-refractivity contribution in [3.05, 3.63) is 24.7 Å². The van der Waals surface area contributed by atoms with Gasteiger partial charge in [-0.2, -0.15) is 12.6 Å². The third kappa shape index (κ3) is 6.74. The number of phosphoric ester groups is 2. The van der Waals surface area contributed by atoms with Gasteiger partial charge in [0.05, 0.1) is 24.6 Å². The van der Waals surface area contributed by atoms with Crippen LogP contribution in [0.2, 0.25) is 0 Å². The van der Waals surface area contributed by atoms with Gasteiger partial charge in [-0.05, 0) is 0 Å². The van der Waals surface area contributed by atoms with Crippen molar-refractivity contribution in [3.8, 4) is 0 Å². The molecule has 0 aromatic rings. The first kappa shape index (κ1) is 29.6. The zero-order chi connectivity index (χ0) is 27.0. The number of aliphatic hydroxyl groups excluding tert-OH is 5. The predicted octanol–water partition coefficient (Wildman–Crippen LogP) is -3.79. The normalized spacial score (nSPS) is 40.6. The van der Waals surface area contributed by atoms with Crippen molar-refractivity contribution < 1.29 is 72.1 Å². The first-order valence-corrected chi connectivity index (χ1v) is 13.6. The Labute approximate surface area is 209 Å². The molecule has 17 nitrogen and oxygen atoms in total. The van der Waals surface area contributed by atoms with Gasteiger partial charge in [-0.15, -0.1) is 0 Å². The van der Waals surface area contributed by atoms with Gasteiger partial charge in [0.1, 0.15) is 36.3 Å². The zero-order valence-electron chi connectivity index (χ0n) is 18.1. The van der Waals surface area contributed by atoms with Gasteiger partial charge in [0.15, 0.2) is 12.5 Å². The van der Waals surface area contributed by atoms with Gasteiger partial charge in [-0.25, -0.2) is 8.88 Å². The molecule has 3 aliphatic heterocycles. The summed E-state index contributed by atoms with van der Waals surface area (Å²) in [4.78, 5) is 34.5. The molecular weight excluding hydrogens is 554 g/mol. The van der Waals surface area contributed by atoms with E-state index in [9.17, 15) is 49.2 Å². The highest BCUT2D eigenvalue weighted by molar-refractivity contribution is 7.81. The van der Waals surface area contributed by atoms with E-state index in [0.717, 1.165) is 6.08 Å². The van der Waals surface area contributed by atoms with Crippen LogP contribution >= 0.6 is 28.3 Å². The molecule has 1 amide bonds. The highest BCUT2D eigenvalue weighted by atomic mass is 32.1. The van der Waals surface area contributed by atoms with Gasteiger partial charge in [0.25, 0.3) is 13.7 Å². The molecule has 0 bridgehead atoms. The van der Waals surface area contributed by atoms with Gasteiger partial charge in [0.2, 0.25) is 0 Å². The van der Waals surface area contributed by atoms with Crippen molar-refractivity contribution in [2.24, 2.45) is 0 Å². The van der Waals surface area contributed by atoms with Gasteiger partial charge in [-0.3, -0.25) is 18.4 Å². The number of hydrogen-bond donors (Lipinski definition) is 8. The Morgan fingerprint density at radius 1 is 1.14 bits per heavy atom. The minimum atomic E-state index is -5.73. The number of nitrogens with one attached hydrogen (secondary N) is 1. The third-order valence-electron chi connectivity index (χ3n) is 5.26. The van der Waals surface area contributed by atoms with E-state index in [1.807, 2.05) is 0 Å². The molecule has 2 fully saturated rings. The van der Waals surface area contributed by atoms with Crippen LogP contribution < -0.4 is 10.2 Å². The maximum absolute atomic E-state index is 12.2. The second-order valence-electron chi connectivity index (χ2n) is 7.80. The number of thiol groups is 1.